The highest BCUT2D eigenvalue weighted by atomic mass is 31.8. The second-order valence-corrected chi connectivity index (χ2v) is 7.44. The molecule has 0 amide bonds. The van der Waals surface area contributed by atoms with Gasteiger partial charge in [-0.25, -0.2) is 4.75 Å². The van der Waals surface area contributed by atoms with E-state index in [9.17, 15) is 0 Å². The summed E-state index contributed by atoms with van der Waals surface area (Å²) < 4.78 is 4.58. The first-order valence-corrected chi connectivity index (χ1v) is 9.43. The largest absolute Gasteiger partial charge is 0.241 e. The monoisotopic (exact) mass is 255 g/mol. The van der Waals surface area contributed by atoms with Crippen molar-refractivity contribution in [1.82, 2.24) is 4.75 Å². The average Bonchev–Trinajstić information content (AvgIpc) is 2.72. The Morgan fingerprint density at radius 2 is 1.56 bits per heavy atom. The van der Waals surface area contributed by atoms with Crippen LogP contribution < -0.4 is 0 Å². The highest BCUT2D eigenvalue weighted by Gasteiger charge is 2.15. The molecule has 1 heterocycles. The molecule has 1 unspecified atom stereocenters. The smallest absolute Gasteiger partial charge is 0.0498 e. The molecule has 0 saturated heterocycles. The Balaban J connectivity index is 1.97. The maximum absolute atomic E-state index is 4.58. The summed E-state index contributed by atoms with van der Waals surface area (Å²) in [6.07, 6.45) is 13.1. The number of hydrogen-bond donors (Lipinski definition) is 0. The molecular weight excluding hydrogens is 232 g/mol. The van der Waals surface area contributed by atoms with Crippen molar-refractivity contribution < 1.29 is 0 Å². The second-order valence-electron chi connectivity index (χ2n) is 5.04. The third-order valence-corrected chi connectivity index (χ3v) is 6.54. The molecule has 16 heavy (non-hydrogen) atoms. The van der Waals surface area contributed by atoms with Gasteiger partial charge in [0.05, 0.1) is 0 Å². The molecule has 1 nitrogen and oxygen atoms in total. The van der Waals surface area contributed by atoms with E-state index in [0.717, 1.165) is 13.9 Å². The fourth-order valence-corrected chi connectivity index (χ4v) is 5.89. The highest BCUT2D eigenvalue weighted by Crippen LogP contribution is 2.39. The summed E-state index contributed by atoms with van der Waals surface area (Å²) in [7, 11) is 2.34. The van der Waals surface area contributed by atoms with Gasteiger partial charge in [0.2, 0.25) is 0 Å². The zero-order valence-corrected chi connectivity index (χ0v) is 12.2. The van der Waals surface area contributed by atoms with Crippen molar-refractivity contribution in [3.8, 4) is 0 Å². The summed E-state index contributed by atoms with van der Waals surface area (Å²) in [4.78, 5) is 0. The van der Waals surface area contributed by atoms with E-state index in [1.807, 2.05) is 0 Å². The summed E-state index contributed by atoms with van der Waals surface area (Å²) in [5.74, 6) is 0.874. The van der Waals surface area contributed by atoms with Crippen molar-refractivity contribution in [2.75, 3.05) is 0 Å². The van der Waals surface area contributed by atoms with Gasteiger partial charge in [-0.3, -0.25) is 0 Å². The van der Waals surface area contributed by atoms with Gasteiger partial charge in [0, 0.05) is 11.0 Å². The lowest BCUT2D eigenvalue weighted by atomic mass is 9.90. The number of rotatable bonds is 1. The van der Waals surface area contributed by atoms with E-state index >= 15 is 0 Å². The molecule has 1 saturated carbocycles. The average molecular weight is 255 g/mol. The third-order valence-electron chi connectivity index (χ3n) is 3.75. The van der Waals surface area contributed by atoms with Crippen LogP contribution in [0.1, 0.15) is 74.7 Å². The van der Waals surface area contributed by atoms with Gasteiger partial charge in [0.1, 0.15) is 0 Å². The molecule has 1 aliphatic rings. The third kappa shape index (κ3) is 3.57. The molecule has 1 atom stereocenters. The zero-order chi connectivity index (χ0) is 11.2. The lowest BCUT2D eigenvalue weighted by Gasteiger charge is -2.17. The molecule has 0 aromatic carbocycles. The SMILES string of the molecule is Cc1n[pH]pc1C1CCCCCCCCC1. The van der Waals surface area contributed by atoms with Gasteiger partial charge in [-0.2, -0.15) is 0 Å². The fraction of sp³-hybridized carbons (Fsp3) is 0.846. The molecule has 0 aliphatic heterocycles. The van der Waals surface area contributed by atoms with Crippen LogP contribution in [0.5, 0.6) is 0 Å². The lowest BCUT2D eigenvalue weighted by Crippen LogP contribution is -2.00. The molecule has 0 bridgehead atoms. The molecule has 0 radical (unpaired) electrons. The van der Waals surface area contributed by atoms with Gasteiger partial charge in [0.25, 0.3) is 0 Å². The predicted octanol–water partition coefficient (Wildman–Crippen LogP) is 5.61. The van der Waals surface area contributed by atoms with Gasteiger partial charge in [0.15, 0.2) is 0 Å². The molecule has 0 spiro atoms. The van der Waals surface area contributed by atoms with E-state index in [0.29, 0.717) is 0 Å². The summed E-state index contributed by atoms with van der Waals surface area (Å²) in [5.41, 5.74) is 1.38. The van der Waals surface area contributed by atoms with Crippen LogP contribution in [0.25, 0.3) is 0 Å². The van der Waals surface area contributed by atoms with Crippen molar-refractivity contribution in [2.45, 2.75) is 70.6 Å². The zero-order valence-electron chi connectivity index (χ0n) is 10.3. The van der Waals surface area contributed by atoms with Crippen LogP contribution in [0, 0.1) is 6.92 Å². The molecule has 1 aliphatic carbocycles. The van der Waals surface area contributed by atoms with Crippen LogP contribution in [-0.2, 0) is 0 Å². The molecule has 1 aromatic rings. The number of hydrogen-bond acceptors (Lipinski definition) is 1. The highest BCUT2D eigenvalue weighted by molar-refractivity contribution is 7.89. The molecule has 3 heteroatoms. The van der Waals surface area contributed by atoms with E-state index in [4.69, 9.17) is 0 Å². The van der Waals surface area contributed by atoms with E-state index in [1.165, 1.54) is 71.4 Å². The lowest BCUT2D eigenvalue weighted by molar-refractivity contribution is 0.465. The van der Waals surface area contributed by atoms with Crippen molar-refractivity contribution in [3.63, 3.8) is 0 Å². The van der Waals surface area contributed by atoms with Crippen LogP contribution >= 0.6 is 15.9 Å². The summed E-state index contributed by atoms with van der Waals surface area (Å²) in [5, 5.41) is 1.69. The topological polar surface area (TPSA) is 12.9 Å². The number of nitrogens with zero attached hydrogens (tertiary/aromatic N) is 1. The van der Waals surface area contributed by atoms with Crippen LogP contribution in [0.15, 0.2) is 0 Å². The Bertz CT molecular complexity index is 299. The molecule has 90 valence electrons. The van der Waals surface area contributed by atoms with Crippen molar-refractivity contribution in [2.24, 2.45) is 0 Å². The van der Waals surface area contributed by atoms with E-state index in [-0.39, 0.29) is 0 Å². The van der Waals surface area contributed by atoms with Gasteiger partial charge in [-0.1, -0.05) is 44.9 Å². The molecule has 0 N–H and O–H groups in total. The van der Waals surface area contributed by atoms with E-state index < -0.39 is 0 Å². The second kappa shape index (κ2) is 6.77. The molecule has 1 fully saturated rings. The molecule has 2 rings (SSSR count). The maximum atomic E-state index is 4.58. The van der Waals surface area contributed by atoms with Crippen LogP contribution in [0.2, 0.25) is 0 Å². The molecule has 1 aromatic heterocycles. The minimum Gasteiger partial charge on any atom is -0.241 e. The van der Waals surface area contributed by atoms with Gasteiger partial charge >= 0.3 is 0 Å². The van der Waals surface area contributed by atoms with Gasteiger partial charge in [-0.05, 0) is 41.6 Å². The Labute approximate surface area is 103 Å². The number of aryl methyl sites for hydroxylation is 1. The van der Waals surface area contributed by atoms with E-state index in [2.05, 4.69) is 11.7 Å². The van der Waals surface area contributed by atoms with Gasteiger partial charge < -0.3 is 0 Å². The van der Waals surface area contributed by atoms with E-state index in [1.54, 1.807) is 5.30 Å². The maximum Gasteiger partial charge on any atom is 0.0498 e. The summed E-state index contributed by atoms with van der Waals surface area (Å²) in [6.45, 7) is 2.22. The first-order chi connectivity index (χ1) is 7.88. The van der Waals surface area contributed by atoms with Gasteiger partial charge in [-0.15, -0.1) is 0 Å². The predicted molar refractivity (Wildman–Crippen MR) is 75.3 cm³/mol. The normalized spacial score (nSPS) is 21.8. The Kier molecular flexibility index (Phi) is 5.33. The van der Waals surface area contributed by atoms with Crippen molar-refractivity contribution in [3.05, 3.63) is 11.0 Å². The Hall–Kier alpha value is 0.140. The number of aromatic nitrogens is 1. The molecular formula is C13H23NP2. The van der Waals surface area contributed by atoms with Crippen molar-refractivity contribution >= 4 is 15.9 Å². The standard InChI is InChI=1S/C13H23NP2/c1-11-13(15-16-14-11)12-9-7-5-3-2-4-6-8-10-12/h12,16H,2-10H2,1H3. The Morgan fingerprint density at radius 1 is 1.00 bits per heavy atom. The van der Waals surface area contributed by atoms with Crippen LogP contribution in [0.3, 0.4) is 0 Å². The fourth-order valence-electron chi connectivity index (χ4n) is 2.76. The van der Waals surface area contributed by atoms with Crippen LogP contribution in [-0.4, -0.2) is 4.75 Å². The minimum atomic E-state index is 0.810. The van der Waals surface area contributed by atoms with Crippen LogP contribution in [0.4, 0.5) is 0 Å². The first-order valence-electron chi connectivity index (χ1n) is 6.75. The quantitative estimate of drug-likeness (QED) is 0.635. The van der Waals surface area contributed by atoms with Crippen molar-refractivity contribution in [1.29, 1.82) is 0 Å². The summed E-state index contributed by atoms with van der Waals surface area (Å²) >= 11 is 0. The summed E-state index contributed by atoms with van der Waals surface area (Å²) in [6, 6.07) is 0. The first kappa shape index (κ1) is 12.6. The minimum absolute atomic E-state index is 0.810. The Morgan fingerprint density at radius 3 is 2.06 bits per heavy atom.